The minimum atomic E-state index is 0.196. The van der Waals surface area contributed by atoms with E-state index >= 15 is 0 Å². The van der Waals surface area contributed by atoms with E-state index in [1.165, 1.54) is 77.0 Å². The van der Waals surface area contributed by atoms with Crippen LogP contribution in [0, 0.1) is 5.92 Å². The summed E-state index contributed by atoms with van der Waals surface area (Å²) in [6.07, 6.45) is 22.9. The molecule has 1 aromatic carbocycles. The minimum absolute atomic E-state index is 0.196. The molecule has 3 rings (SSSR count). The third-order valence-corrected chi connectivity index (χ3v) is 7.50. The van der Waals surface area contributed by atoms with E-state index in [2.05, 4.69) is 16.9 Å². The van der Waals surface area contributed by atoms with E-state index in [0.29, 0.717) is 12.4 Å². The molecule has 35 heavy (non-hydrogen) atoms. The van der Waals surface area contributed by atoms with Gasteiger partial charge >= 0.3 is 0 Å². The second-order valence-corrected chi connectivity index (χ2v) is 10.7. The summed E-state index contributed by atoms with van der Waals surface area (Å²) in [5, 5.41) is 0.196. The van der Waals surface area contributed by atoms with Gasteiger partial charge in [-0.3, -0.25) is 0 Å². The molecule has 0 spiro atoms. The molecule has 0 bridgehead atoms. The van der Waals surface area contributed by atoms with Gasteiger partial charge in [0.25, 0.3) is 0 Å². The number of aromatic nitrogens is 2. The molecule has 1 atom stereocenters. The number of benzene rings is 1. The van der Waals surface area contributed by atoms with Crippen molar-refractivity contribution in [2.75, 3.05) is 13.2 Å². The molecule has 0 radical (unpaired) electrons. The number of hydrogen-bond donors (Lipinski definition) is 0. The van der Waals surface area contributed by atoms with Gasteiger partial charge in [-0.05, 0) is 49.4 Å². The van der Waals surface area contributed by atoms with E-state index in [1.54, 1.807) is 12.4 Å². The van der Waals surface area contributed by atoms with Crippen LogP contribution >= 0.6 is 11.6 Å². The van der Waals surface area contributed by atoms with Gasteiger partial charge in [-0.1, -0.05) is 84.0 Å². The van der Waals surface area contributed by atoms with Crippen molar-refractivity contribution in [2.45, 2.75) is 109 Å². The predicted octanol–water partition coefficient (Wildman–Crippen LogP) is 9.01. The molecule has 1 aliphatic rings. The molecule has 194 valence electrons. The van der Waals surface area contributed by atoms with Gasteiger partial charge in [-0.15, -0.1) is 11.6 Å². The lowest BCUT2D eigenvalue weighted by molar-refractivity contribution is 0.301. The minimum Gasteiger partial charge on any atom is -0.494 e. The van der Waals surface area contributed by atoms with Crippen molar-refractivity contribution in [3.8, 4) is 22.9 Å². The zero-order chi connectivity index (χ0) is 24.6. The summed E-state index contributed by atoms with van der Waals surface area (Å²) in [4.78, 5) is 8.96. The van der Waals surface area contributed by atoms with Gasteiger partial charge in [-0.2, -0.15) is 0 Å². The summed E-state index contributed by atoms with van der Waals surface area (Å²) < 4.78 is 11.7. The normalized spacial score (nSPS) is 14.8. The van der Waals surface area contributed by atoms with E-state index in [0.717, 1.165) is 48.8 Å². The van der Waals surface area contributed by atoms with Crippen molar-refractivity contribution < 1.29 is 9.47 Å². The fraction of sp³-hybridized carbons (Fsp3) is 0.667. The number of hydrogen-bond acceptors (Lipinski definition) is 4. The molecular formula is C30H45ClN2O2. The molecular weight excluding hydrogens is 456 g/mol. The van der Waals surface area contributed by atoms with Gasteiger partial charge in [0.05, 0.1) is 25.6 Å². The Kier molecular flexibility index (Phi) is 13.3. The highest BCUT2D eigenvalue weighted by Gasteiger charge is 2.13. The predicted molar refractivity (Wildman–Crippen MR) is 147 cm³/mol. The highest BCUT2D eigenvalue weighted by Crippen LogP contribution is 2.29. The van der Waals surface area contributed by atoms with Crippen molar-refractivity contribution in [2.24, 2.45) is 5.92 Å². The standard InChI is InChI=1S/C30H45ClN2O2/c1-2-3-7-15-27(31)20-22-35-28-18-16-26(17-19-28)30-32-23-29(24-33-30)34-21-11-6-4-5-8-12-25-13-9-10-14-25/h16-19,23-25,27H,2-15,20-22H2,1H3. The van der Waals surface area contributed by atoms with E-state index in [4.69, 9.17) is 21.1 Å². The number of alkyl halides is 1. The molecule has 5 heteroatoms. The second kappa shape index (κ2) is 16.8. The topological polar surface area (TPSA) is 44.2 Å². The highest BCUT2D eigenvalue weighted by molar-refractivity contribution is 6.20. The first-order valence-electron chi connectivity index (χ1n) is 14.1. The van der Waals surface area contributed by atoms with Crippen LogP contribution in [-0.2, 0) is 0 Å². The van der Waals surface area contributed by atoms with Crippen LogP contribution in [-0.4, -0.2) is 28.6 Å². The molecule has 1 saturated carbocycles. The van der Waals surface area contributed by atoms with Crippen molar-refractivity contribution in [1.82, 2.24) is 9.97 Å². The molecule has 0 N–H and O–H groups in total. The van der Waals surface area contributed by atoms with Crippen LogP contribution < -0.4 is 9.47 Å². The molecule has 0 saturated heterocycles. The van der Waals surface area contributed by atoms with Gasteiger partial charge < -0.3 is 9.47 Å². The molecule has 1 fully saturated rings. The quantitative estimate of drug-likeness (QED) is 0.151. The summed E-state index contributed by atoms with van der Waals surface area (Å²) in [6, 6.07) is 7.93. The zero-order valence-corrected chi connectivity index (χ0v) is 22.5. The third-order valence-electron chi connectivity index (χ3n) is 7.06. The molecule has 1 unspecified atom stereocenters. The number of unbranched alkanes of at least 4 members (excludes halogenated alkanes) is 6. The molecule has 0 amide bonds. The summed E-state index contributed by atoms with van der Waals surface area (Å²) in [5.74, 6) is 3.32. The first-order valence-corrected chi connectivity index (χ1v) is 14.5. The Labute approximate surface area is 218 Å². The molecule has 1 aliphatic carbocycles. The van der Waals surface area contributed by atoms with Crippen molar-refractivity contribution in [3.05, 3.63) is 36.7 Å². The van der Waals surface area contributed by atoms with Crippen molar-refractivity contribution in [3.63, 3.8) is 0 Å². The monoisotopic (exact) mass is 500 g/mol. The number of halogens is 1. The summed E-state index contributed by atoms with van der Waals surface area (Å²) in [6.45, 7) is 3.59. The lowest BCUT2D eigenvalue weighted by atomic mass is 9.99. The van der Waals surface area contributed by atoms with Crippen LogP contribution in [0.4, 0.5) is 0 Å². The van der Waals surface area contributed by atoms with Crippen molar-refractivity contribution in [1.29, 1.82) is 0 Å². The Hall–Kier alpha value is -1.81. The van der Waals surface area contributed by atoms with E-state index in [9.17, 15) is 0 Å². The smallest absolute Gasteiger partial charge is 0.159 e. The Morgan fingerprint density at radius 1 is 0.800 bits per heavy atom. The van der Waals surface area contributed by atoms with Gasteiger partial charge in [0.15, 0.2) is 11.6 Å². The zero-order valence-electron chi connectivity index (χ0n) is 21.7. The van der Waals surface area contributed by atoms with Gasteiger partial charge in [0.2, 0.25) is 0 Å². The summed E-state index contributed by atoms with van der Waals surface area (Å²) >= 11 is 6.38. The molecule has 1 heterocycles. The fourth-order valence-corrected chi connectivity index (χ4v) is 5.10. The maximum absolute atomic E-state index is 6.38. The first kappa shape index (κ1) is 27.8. The lowest BCUT2D eigenvalue weighted by Crippen LogP contribution is -2.06. The number of nitrogens with zero attached hydrogens (tertiary/aromatic N) is 2. The third kappa shape index (κ3) is 11.2. The average molecular weight is 501 g/mol. The second-order valence-electron chi connectivity index (χ2n) is 10.1. The summed E-state index contributed by atoms with van der Waals surface area (Å²) in [5.41, 5.74) is 0.969. The van der Waals surface area contributed by atoms with Crippen LogP contribution in [0.1, 0.15) is 103 Å². The molecule has 0 aliphatic heterocycles. The Morgan fingerprint density at radius 3 is 2.23 bits per heavy atom. The Morgan fingerprint density at radius 2 is 1.49 bits per heavy atom. The molecule has 1 aromatic heterocycles. The highest BCUT2D eigenvalue weighted by atomic mass is 35.5. The Bertz CT molecular complexity index is 791. The maximum Gasteiger partial charge on any atom is 0.159 e. The SMILES string of the molecule is CCCCCC(Cl)CCOc1ccc(-c2ncc(OCCCCCCCC3CCCC3)cn2)cc1. The lowest BCUT2D eigenvalue weighted by Gasteiger charge is -2.11. The fourth-order valence-electron chi connectivity index (χ4n) is 4.86. The largest absolute Gasteiger partial charge is 0.494 e. The van der Waals surface area contributed by atoms with E-state index in [1.807, 2.05) is 24.3 Å². The summed E-state index contributed by atoms with van der Waals surface area (Å²) in [7, 11) is 0. The van der Waals surface area contributed by atoms with E-state index in [-0.39, 0.29) is 5.38 Å². The maximum atomic E-state index is 6.38. The average Bonchev–Trinajstić information content (AvgIpc) is 3.40. The van der Waals surface area contributed by atoms with Gasteiger partial charge in [-0.25, -0.2) is 9.97 Å². The van der Waals surface area contributed by atoms with Crippen LogP contribution in [0.25, 0.3) is 11.4 Å². The molecule has 4 nitrogen and oxygen atoms in total. The van der Waals surface area contributed by atoms with Crippen LogP contribution in [0.3, 0.4) is 0 Å². The van der Waals surface area contributed by atoms with Crippen molar-refractivity contribution >= 4 is 11.6 Å². The number of rotatable bonds is 18. The van der Waals surface area contributed by atoms with Gasteiger partial charge in [0, 0.05) is 10.9 Å². The van der Waals surface area contributed by atoms with E-state index < -0.39 is 0 Å². The van der Waals surface area contributed by atoms with Crippen LogP contribution in [0.2, 0.25) is 0 Å². The molecule has 2 aromatic rings. The van der Waals surface area contributed by atoms with Gasteiger partial charge in [0.1, 0.15) is 5.75 Å². The van der Waals surface area contributed by atoms with Crippen LogP contribution in [0.5, 0.6) is 11.5 Å². The Balaban J connectivity index is 1.27. The number of ether oxygens (including phenoxy) is 2. The van der Waals surface area contributed by atoms with Crippen LogP contribution in [0.15, 0.2) is 36.7 Å². The first-order chi connectivity index (χ1) is 17.2.